The van der Waals surface area contributed by atoms with Crippen molar-refractivity contribution in [1.82, 2.24) is 0 Å². The molecule has 0 atom stereocenters. The molecule has 1 rings (SSSR count). The van der Waals surface area contributed by atoms with Gasteiger partial charge in [-0.3, -0.25) is 5.32 Å². The molecule has 1 aromatic carbocycles. The molecule has 0 fully saturated rings. The van der Waals surface area contributed by atoms with Gasteiger partial charge in [0.05, 0.1) is 22.6 Å². The fraction of sp³-hybridized carbons (Fsp3) is 0.333. The molecule has 0 aliphatic carbocycles. The number of carboxylic acid groups (broad SMARTS) is 1. The second kappa shape index (κ2) is 5.27. The van der Waals surface area contributed by atoms with E-state index in [1.54, 1.807) is 6.07 Å². The highest BCUT2D eigenvalue weighted by atomic mass is 16.4. The zero-order valence-corrected chi connectivity index (χ0v) is 10.6. The third kappa shape index (κ3) is 2.83. The number of rotatable bonds is 3. The van der Waals surface area contributed by atoms with E-state index in [1.165, 1.54) is 6.07 Å². The van der Waals surface area contributed by atoms with Gasteiger partial charge in [-0.1, -0.05) is 0 Å². The molecule has 0 aliphatic rings. The van der Waals surface area contributed by atoms with Crippen LogP contribution in [0.3, 0.4) is 0 Å². The molecule has 1 amide bonds. The Morgan fingerprint density at radius 1 is 1.56 bits per heavy atom. The monoisotopic (exact) mass is 248 g/mol. The molecule has 0 spiro atoms. The zero-order chi connectivity index (χ0) is 13.9. The minimum Gasteiger partial charge on any atom is -0.465 e. The van der Waals surface area contributed by atoms with Crippen LogP contribution in [0.15, 0.2) is 12.1 Å². The highest BCUT2D eigenvalue weighted by molar-refractivity contribution is 5.90. The van der Waals surface area contributed by atoms with Gasteiger partial charge in [0.25, 0.3) is 0 Å². The van der Waals surface area contributed by atoms with Gasteiger partial charge in [0.15, 0.2) is 0 Å². The smallest absolute Gasteiger partial charge is 0.409 e. The second-order valence-corrected chi connectivity index (χ2v) is 4.20. The predicted molar refractivity (Wildman–Crippen MR) is 70.8 cm³/mol. The fourth-order valence-electron chi connectivity index (χ4n) is 1.49. The molecule has 4 N–H and O–H groups in total. The van der Waals surface area contributed by atoms with E-state index >= 15 is 0 Å². The first-order chi connectivity index (χ1) is 8.36. The summed E-state index contributed by atoms with van der Waals surface area (Å²) in [6.45, 7) is 3.95. The number of nitrogens with two attached hydrogens (primary N) is 1. The molecule has 0 bridgehead atoms. The molecule has 0 aliphatic heterocycles. The van der Waals surface area contributed by atoms with Crippen molar-refractivity contribution in [1.29, 1.82) is 5.26 Å². The quantitative estimate of drug-likeness (QED) is 0.710. The van der Waals surface area contributed by atoms with Crippen LogP contribution in [0.4, 0.5) is 21.9 Å². The van der Waals surface area contributed by atoms with Gasteiger partial charge in [-0.15, -0.1) is 0 Å². The zero-order valence-electron chi connectivity index (χ0n) is 10.6. The van der Waals surface area contributed by atoms with E-state index < -0.39 is 6.09 Å². The summed E-state index contributed by atoms with van der Waals surface area (Å²) in [5.41, 5.74) is 7.27. The number of nitrogens with one attached hydrogen (secondary N) is 1. The minimum atomic E-state index is -1.19. The van der Waals surface area contributed by atoms with Gasteiger partial charge in [0.2, 0.25) is 0 Å². The lowest BCUT2D eigenvalue weighted by molar-refractivity contribution is 0.210. The first kappa shape index (κ1) is 13.6. The molecular formula is C12H16N4O2. The Hall–Kier alpha value is -2.42. The first-order valence-corrected chi connectivity index (χ1v) is 5.43. The molecule has 6 heteroatoms. The summed E-state index contributed by atoms with van der Waals surface area (Å²) in [7, 11) is 1.83. The van der Waals surface area contributed by atoms with Crippen LogP contribution >= 0.6 is 0 Å². The molecule has 0 radical (unpaired) electrons. The van der Waals surface area contributed by atoms with Crippen molar-refractivity contribution in [3.63, 3.8) is 0 Å². The molecular weight excluding hydrogens is 232 g/mol. The van der Waals surface area contributed by atoms with Gasteiger partial charge in [-0.05, 0) is 26.0 Å². The summed E-state index contributed by atoms with van der Waals surface area (Å²) in [6, 6.07) is 5.28. The van der Waals surface area contributed by atoms with Gasteiger partial charge in [0, 0.05) is 13.1 Å². The molecule has 0 unspecified atom stereocenters. The van der Waals surface area contributed by atoms with Crippen molar-refractivity contribution in [2.75, 3.05) is 23.0 Å². The molecule has 0 saturated carbocycles. The van der Waals surface area contributed by atoms with E-state index in [9.17, 15) is 4.79 Å². The number of hydrogen-bond acceptors (Lipinski definition) is 4. The maximum absolute atomic E-state index is 10.6. The molecule has 18 heavy (non-hydrogen) atoms. The number of amides is 1. The Kier molecular flexibility index (Phi) is 4.00. The van der Waals surface area contributed by atoms with Crippen LogP contribution in [0.25, 0.3) is 0 Å². The first-order valence-electron chi connectivity index (χ1n) is 5.43. The Bertz CT molecular complexity index is 506. The maximum atomic E-state index is 10.6. The highest BCUT2D eigenvalue weighted by Gasteiger charge is 2.14. The number of nitriles is 1. The van der Waals surface area contributed by atoms with Gasteiger partial charge in [0.1, 0.15) is 6.07 Å². The van der Waals surface area contributed by atoms with Gasteiger partial charge >= 0.3 is 6.09 Å². The lowest BCUT2D eigenvalue weighted by Gasteiger charge is -2.25. The van der Waals surface area contributed by atoms with Crippen molar-refractivity contribution >= 4 is 23.2 Å². The summed E-state index contributed by atoms with van der Waals surface area (Å²) >= 11 is 0. The SMILES string of the molecule is CC(C)N(C)c1cc(NC(=O)O)c(N)cc1C#N. The average Bonchev–Trinajstić information content (AvgIpc) is 2.29. The third-order valence-electron chi connectivity index (χ3n) is 2.68. The van der Waals surface area contributed by atoms with Crippen LogP contribution in [-0.2, 0) is 0 Å². The molecule has 0 heterocycles. The summed E-state index contributed by atoms with van der Waals surface area (Å²) in [4.78, 5) is 12.5. The summed E-state index contributed by atoms with van der Waals surface area (Å²) in [5, 5.41) is 20.0. The maximum Gasteiger partial charge on any atom is 0.409 e. The number of benzene rings is 1. The molecule has 0 saturated heterocycles. The standard InChI is InChI=1S/C12H16N4O2/c1-7(2)16(3)11-5-10(15-12(17)18)9(14)4-8(11)6-13/h4-5,7,15H,14H2,1-3H3,(H,17,18). The normalized spacial score (nSPS) is 9.94. The number of anilines is 3. The van der Waals surface area contributed by atoms with Crippen LogP contribution in [0, 0.1) is 11.3 Å². The Balaban J connectivity index is 3.31. The summed E-state index contributed by atoms with van der Waals surface area (Å²) < 4.78 is 0. The van der Waals surface area contributed by atoms with E-state index in [2.05, 4.69) is 11.4 Å². The second-order valence-electron chi connectivity index (χ2n) is 4.20. The molecule has 6 nitrogen and oxygen atoms in total. The van der Waals surface area contributed by atoms with Crippen LogP contribution in [0.5, 0.6) is 0 Å². The highest BCUT2D eigenvalue weighted by Crippen LogP contribution is 2.30. The van der Waals surface area contributed by atoms with Gasteiger partial charge in [-0.2, -0.15) is 5.26 Å². The third-order valence-corrected chi connectivity index (χ3v) is 2.68. The van der Waals surface area contributed by atoms with E-state index in [-0.39, 0.29) is 17.4 Å². The van der Waals surface area contributed by atoms with Crippen molar-refractivity contribution < 1.29 is 9.90 Å². The topological polar surface area (TPSA) is 102 Å². The summed E-state index contributed by atoms with van der Waals surface area (Å²) in [5.74, 6) is 0. The minimum absolute atomic E-state index is 0.179. The van der Waals surface area contributed by atoms with Crippen molar-refractivity contribution in [2.45, 2.75) is 19.9 Å². The van der Waals surface area contributed by atoms with Crippen LogP contribution in [-0.4, -0.2) is 24.3 Å². The van der Waals surface area contributed by atoms with Gasteiger partial charge in [-0.25, -0.2) is 4.79 Å². The molecule has 96 valence electrons. The predicted octanol–water partition coefficient (Wildman–Crippen LogP) is 2.07. The number of carbonyl (C=O) groups is 1. The number of hydrogen-bond donors (Lipinski definition) is 3. The largest absolute Gasteiger partial charge is 0.465 e. The van der Waals surface area contributed by atoms with Crippen molar-refractivity contribution in [2.24, 2.45) is 0 Å². The fourth-order valence-corrected chi connectivity index (χ4v) is 1.49. The van der Waals surface area contributed by atoms with E-state index in [4.69, 9.17) is 16.1 Å². The summed E-state index contributed by atoms with van der Waals surface area (Å²) in [6.07, 6.45) is -1.19. The Morgan fingerprint density at radius 2 is 2.17 bits per heavy atom. The van der Waals surface area contributed by atoms with Crippen LogP contribution < -0.4 is 16.0 Å². The number of nitrogens with zero attached hydrogens (tertiary/aromatic N) is 2. The average molecular weight is 248 g/mol. The molecule has 1 aromatic rings. The van der Waals surface area contributed by atoms with Crippen molar-refractivity contribution in [3.8, 4) is 6.07 Å². The Morgan fingerprint density at radius 3 is 2.61 bits per heavy atom. The lowest BCUT2D eigenvalue weighted by atomic mass is 10.1. The van der Waals surface area contributed by atoms with Crippen LogP contribution in [0.2, 0.25) is 0 Å². The van der Waals surface area contributed by atoms with E-state index in [1.807, 2.05) is 25.8 Å². The van der Waals surface area contributed by atoms with E-state index in [0.29, 0.717) is 11.3 Å². The molecule has 0 aromatic heterocycles. The number of nitrogen functional groups attached to an aromatic ring is 1. The Labute approximate surface area is 106 Å². The van der Waals surface area contributed by atoms with Gasteiger partial charge < -0.3 is 15.7 Å². The van der Waals surface area contributed by atoms with Crippen LogP contribution in [0.1, 0.15) is 19.4 Å². The van der Waals surface area contributed by atoms with E-state index in [0.717, 1.165) is 0 Å². The lowest BCUT2D eigenvalue weighted by Crippen LogP contribution is -2.26. The van der Waals surface area contributed by atoms with Crippen molar-refractivity contribution in [3.05, 3.63) is 17.7 Å².